The molecule has 1 unspecified atom stereocenters. The first-order valence-corrected chi connectivity index (χ1v) is 9.38. The Labute approximate surface area is 161 Å². The van der Waals surface area contributed by atoms with E-state index in [0.717, 1.165) is 0 Å². The molecule has 0 radical (unpaired) electrons. The third-order valence-corrected chi connectivity index (χ3v) is 5.27. The lowest BCUT2D eigenvalue weighted by atomic mass is 10.2. The van der Waals surface area contributed by atoms with Crippen molar-refractivity contribution in [1.29, 1.82) is 0 Å². The lowest BCUT2D eigenvalue weighted by Gasteiger charge is -2.26. The maximum atomic E-state index is 12.8. The van der Waals surface area contributed by atoms with Crippen molar-refractivity contribution >= 4 is 34.8 Å². The van der Waals surface area contributed by atoms with E-state index in [1.807, 2.05) is 13.8 Å². The number of carbonyl (C=O) groups is 2. The number of amides is 1. The maximum Gasteiger partial charge on any atom is 0.323 e. The van der Waals surface area contributed by atoms with E-state index >= 15 is 0 Å². The van der Waals surface area contributed by atoms with Gasteiger partial charge in [0.25, 0.3) is 5.91 Å². The second-order valence-electron chi connectivity index (χ2n) is 5.85. The summed E-state index contributed by atoms with van der Waals surface area (Å²) in [6.07, 6.45) is 0.670. The Bertz CT molecular complexity index is 776. The van der Waals surface area contributed by atoms with Gasteiger partial charge in [-0.05, 0) is 44.5 Å². The minimum Gasteiger partial charge on any atom is -0.486 e. The Morgan fingerprint density at radius 2 is 2.00 bits per heavy atom. The highest BCUT2D eigenvalue weighted by Crippen LogP contribution is 2.23. The zero-order valence-electron chi connectivity index (χ0n) is 14.9. The molecule has 0 bridgehead atoms. The summed E-state index contributed by atoms with van der Waals surface area (Å²) in [5.41, 5.74) is 0.577. The molecule has 26 heavy (non-hydrogen) atoms. The van der Waals surface area contributed by atoms with Crippen molar-refractivity contribution in [2.75, 3.05) is 6.54 Å². The highest BCUT2D eigenvalue weighted by molar-refractivity contribution is 7.13. The lowest BCUT2D eigenvalue weighted by Crippen LogP contribution is -2.41. The van der Waals surface area contributed by atoms with E-state index in [2.05, 4.69) is 4.98 Å². The van der Waals surface area contributed by atoms with Gasteiger partial charge in [-0.15, -0.1) is 11.3 Å². The highest BCUT2D eigenvalue weighted by atomic mass is 35.5. The van der Waals surface area contributed by atoms with Gasteiger partial charge in [0, 0.05) is 11.1 Å². The van der Waals surface area contributed by atoms with Gasteiger partial charge in [-0.2, -0.15) is 0 Å². The van der Waals surface area contributed by atoms with Crippen molar-refractivity contribution in [3.05, 3.63) is 44.9 Å². The largest absolute Gasteiger partial charge is 0.486 e. The summed E-state index contributed by atoms with van der Waals surface area (Å²) < 4.78 is 5.66. The van der Waals surface area contributed by atoms with Crippen molar-refractivity contribution in [2.24, 2.45) is 0 Å². The molecule has 2 rings (SSSR count). The Morgan fingerprint density at radius 3 is 2.58 bits per heavy atom. The van der Waals surface area contributed by atoms with Crippen LogP contribution < -0.4 is 4.74 Å². The molecule has 0 saturated carbocycles. The molecule has 0 spiro atoms. The van der Waals surface area contributed by atoms with Gasteiger partial charge in [0.2, 0.25) is 0 Å². The fourth-order valence-electron chi connectivity index (χ4n) is 2.31. The van der Waals surface area contributed by atoms with E-state index in [0.29, 0.717) is 32.8 Å². The van der Waals surface area contributed by atoms with Crippen LogP contribution in [-0.2, 0) is 11.4 Å². The summed E-state index contributed by atoms with van der Waals surface area (Å²) in [5.74, 6) is -0.691. The maximum absolute atomic E-state index is 12.8. The van der Waals surface area contributed by atoms with Crippen LogP contribution in [0.5, 0.6) is 5.75 Å². The van der Waals surface area contributed by atoms with Crippen LogP contribution >= 0.6 is 22.9 Å². The van der Waals surface area contributed by atoms with Crippen LogP contribution in [0.15, 0.2) is 24.3 Å². The predicted molar refractivity (Wildman–Crippen MR) is 101 cm³/mol. The molecule has 1 amide bonds. The summed E-state index contributed by atoms with van der Waals surface area (Å²) in [4.78, 5) is 30.1. The third-order valence-electron chi connectivity index (χ3n) is 3.90. The topological polar surface area (TPSA) is 79.7 Å². The molecular weight excluding hydrogens is 376 g/mol. The number of carboxylic acids is 1. The molecule has 1 heterocycles. The molecule has 0 aliphatic heterocycles. The van der Waals surface area contributed by atoms with E-state index in [9.17, 15) is 9.59 Å². The zero-order chi connectivity index (χ0) is 19.3. The van der Waals surface area contributed by atoms with E-state index in [-0.39, 0.29) is 25.1 Å². The number of carbonyl (C=O) groups excluding carboxylic acids is 1. The number of benzene rings is 1. The zero-order valence-corrected chi connectivity index (χ0v) is 16.4. The number of ether oxygens (including phenoxy) is 1. The van der Waals surface area contributed by atoms with Crippen LogP contribution in [0.25, 0.3) is 0 Å². The second-order valence-corrected chi connectivity index (χ2v) is 7.37. The van der Waals surface area contributed by atoms with Gasteiger partial charge < -0.3 is 14.7 Å². The number of halogens is 1. The number of aliphatic carboxylic acids is 1. The summed E-state index contributed by atoms with van der Waals surface area (Å²) in [6, 6.07) is 6.80. The SMILES string of the molecule is CCC(C)N(CC(=O)O)C(=O)c1sc(COc2ccc(Cl)cc2)nc1C. The first-order chi connectivity index (χ1) is 12.3. The second kappa shape index (κ2) is 9.00. The summed E-state index contributed by atoms with van der Waals surface area (Å²) in [7, 11) is 0. The molecule has 0 saturated heterocycles. The van der Waals surface area contributed by atoms with Gasteiger partial charge in [0.1, 0.15) is 28.8 Å². The Hall–Kier alpha value is -2.12. The summed E-state index contributed by atoms with van der Waals surface area (Å²) in [5, 5.41) is 10.4. The number of hydrogen-bond acceptors (Lipinski definition) is 5. The van der Waals surface area contributed by atoms with Gasteiger partial charge in [0.05, 0.1) is 5.69 Å². The number of carboxylic acid groups (broad SMARTS) is 1. The average Bonchev–Trinajstić information content (AvgIpc) is 2.98. The van der Waals surface area contributed by atoms with Crippen molar-refractivity contribution in [2.45, 2.75) is 39.8 Å². The molecule has 140 valence electrons. The van der Waals surface area contributed by atoms with E-state index in [1.54, 1.807) is 31.2 Å². The fourth-order valence-corrected chi connectivity index (χ4v) is 3.37. The summed E-state index contributed by atoms with van der Waals surface area (Å²) >= 11 is 7.07. The monoisotopic (exact) mass is 396 g/mol. The van der Waals surface area contributed by atoms with Crippen molar-refractivity contribution in [3.63, 3.8) is 0 Å². The summed E-state index contributed by atoms with van der Waals surface area (Å²) in [6.45, 7) is 5.38. The molecule has 8 heteroatoms. The highest BCUT2D eigenvalue weighted by Gasteiger charge is 2.26. The minimum absolute atomic E-state index is 0.172. The van der Waals surface area contributed by atoms with E-state index in [4.69, 9.17) is 21.4 Å². The molecule has 0 aliphatic rings. The molecule has 6 nitrogen and oxygen atoms in total. The van der Waals surface area contributed by atoms with E-state index < -0.39 is 5.97 Å². The fraction of sp³-hybridized carbons (Fsp3) is 0.389. The molecule has 1 aromatic heterocycles. The molecule has 1 aromatic carbocycles. The first kappa shape index (κ1) is 20.2. The molecule has 0 aliphatic carbocycles. The quantitative estimate of drug-likeness (QED) is 0.729. The van der Waals surface area contributed by atoms with Gasteiger partial charge in [-0.25, -0.2) is 4.98 Å². The molecule has 1 N–H and O–H groups in total. The number of aromatic nitrogens is 1. The van der Waals surface area contributed by atoms with Crippen molar-refractivity contribution < 1.29 is 19.4 Å². The van der Waals surface area contributed by atoms with Gasteiger partial charge in [-0.1, -0.05) is 18.5 Å². The molecule has 2 aromatic rings. The molecule has 0 fully saturated rings. The van der Waals surface area contributed by atoms with Crippen molar-refractivity contribution in [3.8, 4) is 5.75 Å². The number of rotatable bonds is 8. The third kappa shape index (κ3) is 5.19. The van der Waals surface area contributed by atoms with Crippen LogP contribution in [0, 0.1) is 6.92 Å². The van der Waals surface area contributed by atoms with E-state index in [1.165, 1.54) is 16.2 Å². The van der Waals surface area contributed by atoms with Crippen LogP contribution in [0.1, 0.15) is 40.6 Å². The normalized spacial score (nSPS) is 11.8. The number of aryl methyl sites for hydroxylation is 1. The number of hydrogen-bond donors (Lipinski definition) is 1. The van der Waals surface area contributed by atoms with Crippen LogP contribution in [0.2, 0.25) is 5.02 Å². The minimum atomic E-state index is -1.04. The Kier molecular flexibility index (Phi) is 6.99. The van der Waals surface area contributed by atoms with Gasteiger partial charge in [-0.3, -0.25) is 9.59 Å². The Morgan fingerprint density at radius 1 is 1.35 bits per heavy atom. The van der Waals surface area contributed by atoms with Crippen LogP contribution in [0.3, 0.4) is 0 Å². The Balaban J connectivity index is 2.13. The van der Waals surface area contributed by atoms with Crippen molar-refractivity contribution in [1.82, 2.24) is 9.88 Å². The van der Waals surface area contributed by atoms with Gasteiger partial charge >= 0.3 is 5.97 Å². The van der Waals surface area contributed by atoms with Crippen LogP contribution in [-0.4, -0.2) is 39.5 Å². The smallest absolute Gasteiger partial charge is 0.323 e. The van der Waals surface area contributed by atoms with Gasteiger partial charge in [0.15, 0.2) is 0 Å². The lowest BCUT2D eigenvalue weighted by molar-refractivity contribution is -0.138. The van der Waals surface area contributed by atoms with Crippen LogP contribution in [0.4, 0.5) is 0 Å². The molecule has 1 atom stereocenters. The molecular formula is C18H21ClN2O4S. The average molecular weight is 397 g/mol. The first-order valence-electron chi connectivity index (χ1n) is 8.19. The number of thiazole rings is 1. The standard InChI is InChI=1S/C18H21ClN2O4S/c1-4-11(2)21(9-16(22)23)18(24)17-12(3)20-15(26-17)10-25-14-7-5-13(19)6-8-14/h5-8,11H,4,9-10H2,1-3H3,(H,22,23). The number of nitrogens with zero attached hydrogens (tertiary/aromatic N) is 2. The predicted octanol–water partition coefficient (Wildman–Crippen LogP) is 4.01.